The number of nitrogens with one attached hydrogen (secondary N) is 1. The van der Waals surface area contributed by atoms with E-state index in [1.807, 2.05) is 26.0 Å². The first-order valence-corrected chi connectivity index (χ1v) is 7.64. The summed E-state index contributed by atoms with van der Waals surface area (Å²) in [6.45, 7) is 3.91. The lowest BCUT2D eigenvalue weighted by molar-refractivity contribution is 0.581. The highest BCUT2D eigenvalue weighted by molar-refractivity contribution is 7.89. The fourth-order valence-electron chi connectivity index (χ4n) is 1.65. The quantitative estimate of drug-likeness (QED) is 0.841. The standard InChI is InChI=1S/C14H17N3O2S/c1-10-3-6-13(7-14(10)15)20(18,19)17-9-12-5-4-11(2)16-8-12/h3-8,17H,9,15H2,1-2H3. The predicted octanol–water partition coefficient (Wildman–Crippen LogP) is 1.76. The maximum atomic E-state index is 12.1. The van der Waals surface area contributed by atoms with Gasteiger partial charge in [0.15, 0.2) is 0 Å². The largest absolute Gasteiger partial charge is 0.398 e. The fraction of sp³-hybridized carbons (Fsp3) is 0.214. The minimum atomic E-state index is -3.57. The highest BCUT2D eigenvalue weighted by atomic mass is 32.2. The van der Waals surface area contributed by atoms with Crippen molar-refractivity contribution >= 4 is 15.7 Å². The zero-order chi connectivity index (χ0) is 14.8. The molecular formula is C14H17N3O2S. The lowest BCUT2D eigenvalue weighted by Crippen LogP contribution is -2.23. The highest BCUT2D eigenvalue weighted by Gasteiger charge is 2.14. The second-order valence-electron chi connectivity index (χ2n) is 4.65. The summed E-state index contributed by atoms with van der Waals surface area (Å²) in [6.07, 6.45) is 1.65. The van der Waals surface area contributed by atoms with E-state index in [2.05, 4.69) is 9.71 Å². The van der Waals surface area contributed by atoms with Crippen LogP contribution in [0.4, 0.5) is 5.69 Å². The van der Waals surface area contributed by atoms with Crippen LogP contribution in [-0.4, -0.2) is 13.4 Å². The molecule has 0 unspecified atom stereocenters. The fourth-order valence-corrected chi connectivity index (χ4v) is 2.70. The van der Waals surface area contributed by atoms with Crippen molar-refractivity contribution in [1.29, 1.82) is 0 Å². The Kier molecular flexibility index (Phi) is 4.06. The summed E-state index contributed by atoms with van der Waals surface area (Å²) >= 11 is 0. The zero-order valence-corrected chi connectivity index (χ0v) is 12.2. The first-order chi connectivity index (χ1) is 9.38. The molecule has 0 aliphatic heterocycles. The number of nitrogens with two attached hydrogens (primary N) is 1. The molecule has 0 amide bonds. The molecule has 5 nitrogen and oxygen atoms in total. The molecule has 20 heavy (non-hydrogen) atoms. The average molecular weight is 291 g/mol. The third-order valence-corrected chi connectivity index (χ3v) is 4.40. The van der Waals surface area contributed by atoms with Crippen molar-refractivity contribution < 1.29 is 8.42 Å². The minimum Gasteiger partial charge on any atom is -0.398 e. The molecule has 0 saturated heterocycles. The van der Waals surface area contributed by atoms with Gasteiger partial charge >= 0.3 is 0 Å². The van der Waals surface area contributed by atoms with Gasteiger partial charge in [-0.2, -0.15) is 0 Å². The van der Waals surface area contributed by atoms with E-state index in [0.717, 1.165) is 16.8 Å². The number of hydrogen-bond acceptors (Lipinski definition) is 4. The number of hydrogen-bond donors (Lipinski definition) is 2. The Bertz CT molecular complexity index is 710. The summed E-state index contributed by atoms with van der Waals surface area (Å²) in [6, 6.07) is 8.38. The number of anilines is 1. The van der Waals surface area contributed by atoms with Crippen LogP contribution < -0.4 is 10.5 Å². The number of rotatable bonds is 4. The summed E-state index contributed by atoms with van der Waals surface area (Å²) in [5, 5.41) is 0. The van der Waals surface area contributed by atoms with Gasteiger partial charge in [-0.1, -0.05) is 12.1 Å². The first-order valence-electron chi connectivity index (χ1n) is 6.16. The van der Waals surface area contributed by atoms with Crippen molar-refractivity contribution in [2.24, 2.45) is 0 Å². The molecule has 0 saturated carbocycles. The van der Waals surface area contributed by atoms with Crippen molar-refractivity contribution in [1.82, 2.24) is 9.71 Å². The zero-order valence-electron chi connectivity index (χ0n) is 11.4. The SMILES string of the molecule is Cc1ccc(CNS(=O)(=O)c2ccc(C)c(N)c2)cn1. The summed E-state index contributed by atoms with van der Waals surface area (Å²) in [5.41, 5.74) is 8.75. The number of nitrogens with zero attached hydrogens (tertiary/aromatic N) is 1. The van der Waals surface area contributed by atoms with E-state index in [9.17, 15) is 8.42 Å². The van der Waals surface area contributed by atoms with Crippen molar-refractivity contribution in [3.05, 3.63) is 53.3 Å². The Balaban J connectivity index is 2.14. The summed E-state index contributed by atoms with van der Waals surface area (Å²) in [5.74, 6) is 0. The first kappa shape index (κ1) is 14.5. The van der Waals surface area contributed by atoms with Crippen molar-refractivity contribution in [3.8, 4) is 0 Å². The van der Waals surface area contributed by atoms with Gasteiger partial charge in [-0.05, 0) is 43.2 Å². The molecule has 0 aliphatic carbocycles. The lowest BCUT2D eigenvalue weighted by atomic mass is 10.2. The Hall–Kier alpha value is -1.92. The van der Waals surface area contributed by atoms with Crippen molar-refractivity contribution in [2.75, 3.05) is 5.73 Å². The van der Waals surface area contributed by atoms with Crippen LogP contribution in [0.15, 0.2) is 41.4 Å². The van der Waals surface area contributed by atoms with Crippen LogP contribution in [0.2, 0.25) is 0 Å². The maximum Gasteiger partial charge on any atom is 0.240 e. The van der Waals surface area contributed by atoms with Crippen LogP contribution in [0.5, 0.6) is 0 Å². The van der Waals surface area contributed by atoms with Crippen LogP contribution >= 0.6 is 0 Å². The van der Waals surface area contributed by atoms with Gasteiger partial charge in [-0.15, -0.1) is 0 Å². The van der Waals surface area contributed by atoms with E-state index in [1.54, 1.807) is 18.3 Å². The van der Waals surface area contributed by atoms with Crippen LogP contribution in [0.1, 0.15) is 16.8 Å². The topological polar surface area (TPSA) is 85.1 Å². The summed E-state index contributed by atoms with van der Waals surface area (Å²) < 4.78 is 26.8. The second kappa shape index (κ2) is 5.60. The van der Waals surface area contributed by atoms with Gasteiger partial charge in [0, 0.05) is 24.1 Å². The normalized spacial score (nSPS) is 11.5. The smallest absolute Gasteiger partial charge is 0.240 e. The van der Waals surface area contributed by atoms with Gasteiger partial charge in [0.1, 0.15) is 0 Å². The molecule has 1 aromatic carbocycles. The van der Waals surface area contributed by atoms with Gasteiger partial charge < -0.3 is 5.73 Å². The molecule has 0 atom stereocenters. The number of nitrogen functional groups attached to an aromatic ring is 1. The summed E-state index contributed by atoms with van der Waals surface area (Å²) in [4.78, 5) is 4.29. The van der Waals surface area contributed by atoms with Crippen molar-refractivity contribution in [3.63, 3.8) is 0 Å². The minimum absolute atomic E-state index is 0.167. The average Bonchev–Trinajstić information content (AvgIpc) is 2.41. The molecule has 0 spiro atoms. The van der Waals surface area contributed by atoms with Gasteiger partial charge in [-0.25, -0.2) is 13.1 Å². The second-order valence-corrected chi connectivity index (χ2v) is 6.42. The van der Waals surface area contributed by atoms with Gasteiger partial charge in [0.05, 0.1) is 4.90 Å². The monoisotopic (exact) mass is 291 g/mol. The van der Waals surface area contributed by atoms with Gasteiger partial charge in [0.2, 0.25) is 10.0 Å². The molecule has 1 aromatic heterocycles. The van der Waals surface area contributed by atoms with Crippen LogP contribution in [0, 0.1) is 13.8 Å². The van der Waals surface area contributed by atoms with Gasteiger partial charge in [0.25, 0.3) is 0 Å². The van der Waals surface area contributed by atoms with E-state index in [4.69, 9.17) is 5.73 Å². The van der Waals surface area contributed by atoms with Crippen LogP contribution in [-0.2, 0) is 16.6 Å². The predicted molar refractivity (Wildman–Crippen MR) is 78.6 cm³/mol. The lowest BCUT2D eigenvalue weighted by Gasteiger charge is -2.08. The number of benzene rings is 1. The number of aryl methyl sites for hydroxylation is 2. The molecule has 0 bridgehead atoms. The third kappa shape index (κ3) is 3.34. The van der Waals surface area contributed by atoms with Crippen molar-refractivity contribution in [2.45, 2.75) is 25.3 Å². The van der Waals surface area contributed by atoms with Gasteiger partial charge in [-0.3, -0.25) is 4.98 Å². The number of aromatic nitrogens is 1. The van der Waals surface area contributed by atoms with E-state index < -0.39 is 10.0 Å². The molecule has 3 N–H and O–H groups in total. The Morgan fingerprint density at radius 1 is 1.20 bits per heavy atom. The molecule has 0 radical (unpaired) electrons. The maximum absolute atomic E-state index is 12.1. The van der Waals surface area contributed by atoms with E-state index in [1.165, 1.54) is 6.07 Å². The molecule has 0 aliphatic rings. The Morgan fingerprint density at radius 3 is 2.55 bits per heavy atom. The van der Waals surface area contributed by atoms with E-state index in [0.29, 0.717) is 5.69 Å². The molecule has 0 fully saturated rings. The Labute approximate surface area is 118 Å². The number of pyridine rings is 1. The van der Waals surface area contributed by atoms with E-state index >= 15 is 0 Å². The summed E-state index contributed by atoms with van der Waals surface area (Å²) in [7, 11) is -3.57. The highest BCUT2D eigenvalue weighted by Crippen LogP contribution is 2.17. The molecule has 106 valence electrons. The van der Waals surface area contributed by atoms with Crippen LogP contribution in [0.25, 0.3) is 0 Å². The molecule has 1 heterocycles. The molecular weight excluding hydrogens is 274 g/mol. The molecule has 6 heteroatoms. The Morgan fingerprint density at radius 2 is 1.95 bits per heavy atom. The number of sulfonamides is 1. The van der Waals surface area contributed by atoms with Crippen LogP contribution in [0.3, 0.4) is 0 Å². The van der Waals surface area contributed by atoms with E-state index in [-0.39, 0.29) is 11.4 Å². The third-order valence-electron chi connectivity index (χ3n) is 3.00. The molecule has 2 aromatic rings. The molecule has 2 rings (SSSR count).